The van der Waals surface area contributed by atoms with Gasteiger partial charge < -0.3 is 9.64 Å². The fourth-order valence-corrected chi connectivity index (χ4v) is 4.37. The minimum atomic E-state index is -0.333. The van der Waals surface area contributed by atoms with Gasteiger partial charge in [-0.2, -0.15) is 0 Å². The number of carbonyl (C=O) groups is 2. The lowest BCUT2D eigenvalue weighted by Crippen LogP contribution is -2.30. The summed E-state index contributed by atoms with van der Waals surface area (Å²) >= 11 is 0. The molecule has 2 aliphatic rings. The van der Waals surface area contributed by atoms with Crippen molar-refractivity contribution in [2.45, 2.75) is 44.2 Å². The van der Waals surface area contributed by atoms with Gasteiger partial charge in [0, 0.05) is 36.9 Å². The monoisotopic (exact) mass is 436 g/mol. The Morgan fingerprint density at radius 1 is 1.06 bits per heavy atom. The van der Waals surface area contributed by atoms with Crippen LogP contribution in [0.25, 0.3) is 0 Å². The molecule has 7 heteroatoms. The Balaban J connectivity index is 1.14. The summed E-state index contributed by atoms with van der Waals surface area (Å²) in [7, 11) is 1.85. The van der Waals surface area contributed by atoms with Gasteiger partial charge in [0.25, 0.3) is 5.91 Å². The highest BCUT2D eigenvalue weighted by molar-refractivity contribution is 5.95. The summed E-state index contributed by atoms with van der Waals surface area (Å²) in [6.07, 6.45) is 5.13. The maximum absolute atomic E-state index is 12.7. The number of rotatable bonds is 9. The second-order valence-electron chi connectivity index (χ2n) is 8.57. The highest BCUT2D eigenvalue weighted by atomic mass is 16.6. The van der Waals surface area contributed by atoms with E-state index in [1.54, 1.807) is 34.1 Å². The van der Waals surface area contributed by atoms with Crippen molar-refractivity contribution in [3.63, 3.8) is 0 Å². The van der Waals surface area contributed by atoms with Crippen LogP contribution in [0.4, 0.5) is 10.5 Å². The number of benzene rings is 2. The van der Waals surface area contributed by atoms with E-state index in [4.69, 9.17) is 4.74 Å². The number of hydrogen-bond acceptors (Lipinski definition) is 5. The van der Waals surface area contributed by atoms with E-state index in [-0.39, 0.29) is 12.0 Å². The smallest absolute Gasteiger partial charge is 0.414 e. The molecule has 2 unspecified atom stereocenters. The highest BCUT2D eigenvalue weighted by Crippen LogP contribution is 2.24. The Morgan fingerprint density at radius 3 is 2.56 bits per heavy atom. The summed E-state index contributed by atoms with van der Waals surface area (Å²) in [5, 5.41) is 0. The zero-order valence-corrected chi connectivity index (χ0v) is 18.6. The first kappa shape index (κ1) is 22.3. The van der Waals surface area contributed by atoms with Crippen molar-refractivity contribution in [3.8, 4) is 0 Å². The van der Waals surface area contributed by atoms with Crippen LogP contribution in [-0.4, -0.2) is 49.7 Å². The van der Waals surface area contributed by atoms with Crippen LogP contribution in [0.2, 0.25) is 0 Å². The summed E-state index contributed by atoms with van der Waals surface area (Å²) in [6.45, 7) is 1.69. The number of carbonyl (C=O) groups excluding carboxylic acids is 2. The molecule has 2 aromatic rings. The second kappa shape index (κ2) is 10.6. The molecule has 0 saturated carbocycles. The largest absolute Gasteiger partial charge is 0.447 e. The van der Waals surface area contributed by atoms with Crippen LogP contribution in [0.3, 0.4) is 0 Å². The normalized spacial score (nSPS) is 20.4. The molecular weight excluding hydrogens is 404 g/mol. The first-order valence-electron chi connectivity index (χ1n) is 11.5. The van der Waals surface area contributed by atoms with Crippen molar-refractivity contribution >= 4 is 17.7 Å². The molecule has 0 aliphatic carbocycles. The van der Waals surface area contributed by atoms with E-state index in [1.165, 1.54) is 5.56 Å². The minimum Gasteiger partial charge on any atom is -0.447 e. The van der Waals surface area contributed by atoms with E-state index < -0.39 is 0 Å². The molecule has 2 aliphatic heterocycles. The predicted molar refractivity (Wildman–Crippen MR) is 124 cm³/mol. The van der Waals surface area contributed by atoms with Crippen molar-refractivity contribution in [1.82, 2.24) is 15.8 Å². The van der Waals surface area contributed by atoms with Crippen LogP contribution < -0.4 is 15.8 Å². The van der Waals surface area contributed by atoms with Crippen molar-refractivity contribution < 1.29 is 14.3 Å². The molecule has 170 valence electrons. The van der Waals surface area contributed by atoms with Crippen LogP contribution in [0.1, 0.15) is 54.1 Å². The quantitative estimate of drug-likeness (QED) is 0.584. The zero-order valence-electron chi connectivity index (χ0n) is 18.6. The predicted octanol–water partition coefficient (Wildman–Crippen LogP) is 3.88. The molecule has 2 fully saturated rings. The zero-order chi connectivity index (χ0) is 22.3. The fraction of sp³-hybridized carbons (Fsp3) is 0.440. The van der Waals surface area contributed by atoms with Gasteiger partial charge in [-0.25, -0.2) is 4.79 Å². The number of nitrogens with zero attached hydrogens (tertiary/aromatic N) is 2. The standard InChI is InChI=1S/C25H32N4O3/c1-28(24(30)20-11-13-22(14-12-20)29-16-17-32-25(29)31)15-7-3-6-10-21-18-23(27-26-21)19-8-4-2-5-9-19/h2,4-5,8-9,11-14,21,23,26-27H,3,6-7,10,15-18H2,1H3. The SMILES string of the molecule is CN(CCCCCC1CC(c2ccccc2)NN1)C(=O)c1ccc(N2CCOC2=O)cc1. The molecule has 2 heterocycles. The Hall–Kier alpha value is -2.90. The number of unbranched alkanes of at least 4 members (excludes halogenated alkanes) is 2. The van der Waals surface area contributed by atoms with Crippen molar-refractivity contribution in [3.05, 3.63) is 65.7 Å². The Labute approximate surface area is 189 Å². The highest BCUT2D eigenvalue weighted by Gasteiger charge is 2.25. The molecule has 0 bridgehead atoms. The van der Waals surface area contributed by atoms with Crippen molar-refractivity contribution in [2.24, 2.45) is 0 Å². The Morgan fingerprint density at radius 2 is 1.84 bits per heavy atom. The van der Waals surface area contributed by atoms with Gasteiger partial charge in [-0.3, -0.25) is 20.5 Å². The maximum Gasteiger partial charge on any atom is 0.414 e. The molecule has 0 spiro atoms. The molecule has 2 amide bonds. The van der Waals surface area contributed by atoms with E-state index in [9.17, 15) is 9.59 Å². The number of ether oxygens (including phenoxy) is 1. The first-order chi connectivity index (χ1) is 15.6. The summed E-state index contributed by atoms with van der Waals surface area (Å²) < 4.78 is 4.96. The molecule has 2 aromatic carbocycles. The Kier molecular flexibility index (Phi) is 7.39. The maximum atomic E-state index is 12.7. The summed E-state index contributed by atoms with van der Waals surface area (Å²) in [6, 6.07) is 18.6. The minimum absolute atomic E-state index is 0.00732. The molecule has 7 nitrogen and oxygen atoms in total. The summed E-state index contributed by atoms with van der Waals surface area (Å²) in [5.74, 6) is 0.00732. The lowest BCUT2D eigenvalue weighted by atomic mass is 9.99. The first-order valence-corrected chi connectivity index (χ1v) is 11.5. The van der Waals surface area contributed by atoms with Gasteiger partial charge >= 0.3 is 6.09 Å². The third-order valence-corrected chi connectivity index (χ3v) is 6.26. The van der Waals surface area contributed by atoms with Crippen LogP contribution >= 0.6 is 0 Å². The van der Waals surface area contributed by atoms with Crippen LogP contribution in [0.5, 0.6) is 0 Å². The average Bonchev–Trinajstić information content (AvgIpc) is 3.48. The molecular formula is C25H32N4O3. The van der Waals surface area contributed by atoms with E-state index in [1.807, 2.05) is 13.1 Å². The summed E-state index contributed by atoms with van der Waals surface area (Å²) in [5.41, 5.74) is 9.56. The third kappa shape index (κ3) is 5.47. The molecule has 2 saturated heterocycles. The number of hydrogen-bond donors (Lipinski definition) is 2. The van der Waals surface area contributed by atoms with Gasteiger partial charge in [-0.05, 0) is 49.1 Å². The fourth-order valence-electron chi connectivity index (χ4n) is 4.37. The van der Waals surface area contributed by atoms with Gasteiger partial charge in [0.15, 0.2) is 0 Å². The van der Waals surface area contributed by atoms with Gasteiger partial charge in [0.2, 0.25) is 0 Å². The molecule has 32 heavy (non-hydrogen) atoms. The summed E-state index contributed by atoms with van der Waals surface area (Å²) in [4.78, 5) is 27.7. The molecule has 2 N–H and O–H groups in total. The van der Waals surface area contributed by atoms with Gasteiger partial charge in [0.05, 0.1) is 6.54 Å². The van der Waals surface area contributed by atoms with Crippen LogP contribution in [-0.2, 0) is 4.74 Å². The molecule has 2 atom stereocenters. The van der Waals surface area contributed by atoms with Crippen LogP contribution in [0, 0.1) is 0 Å². The number of nitrogens with one attached hydrogen (secondary N) is 2. The van der Waals surface area contributed by atoms with E-state index in [2.05, 4.69) is 35.1 Å². The number of anilines is 1. The van der Waals surface area contributed by atoms with Crippen LogP contribution in [0.15, 0.2) is 54.6 Å². The van der Waals surface area contributed by atoms with Gasteiger partial charge in [-0.15, -0.1) is 0 Å². The lowest BCUT2D eigenvalue weighted by molar-refractivity contribution is 0.0792. The van der Waals surface area contributed by atoms with Crippen molar-refractivity contribution in [2.75, 3.05) is 31.6 Å². The molecule has 0 aromatic heterocycles. The second-order valence-corrected chi connectivity index (χ2v) is 8.57. The topological polar surface area (TPSA) is 73.9 Å². The van der Waals surface area contributed by atoms with Gasteiger partial charge in [0.1, 0.15) is 6.61 Å². The Bertz CT molecular complexity index is 903. The lowest BCUT2D eigenvalue weighted by Gasteiger charge is -2.18. The third-order valence-electron chi connectivity index (χ3n) is 6.26. The van der Waals surface area contributed by atoms with Gasteiger partial charge in [-0.1, -0.05) is 43.2 Å². The van der Waals surface area contributed by atoms with E-state index >= 15 is 0 Å². The number of amides is 2. The number of cyclic esters (lactones) is 1. The molecule has 4 rings (SSSR count). The van der Waals surface area contributed by atoms with Crippen molar-refractivity contribution in [1.29, 1.82) is 0 Å². The molecule has 0 radical (unpaired) electrons. The number of hydrazine groups is 1. The van der Waals surface area contributed by atoms with E-state index in [0.29, 0.717) is 30.8 Å². The average molecular weight is 437 g/mol. The van der Waals surface area contributed by atoms with E-state index in [0.717, 1.165) is 44.3 Å².